The lowest BCUT2D eigenvalue weighted by Crippen LogP contribution is -2.48. The Morgan fingerprint density at radius 1 is 0.722 bits per heavy atom. The third-order valence-electron chi connectivity index (χ3n) is 6.00. The van der Waals surface area contributed by atoms with Gasteiger partial charge in [0.05, 0.1) is 18.5 Å². The molecule has 1 saturated heterocycles. The van der Waals surface area contributed by atoms with Gasteiger partial charge in [0.1, 0.15) is 0 Å². The quantitative estimate of drug-likeness (QED) is 0.506. The second-order valence-corrected chi connectivity index (χ2v) is 9.82. The van der Waals surface area contributed by atoms with Gasteiger partial charge in [0, 0.05) is 41.2 Å². The van der Waals surface area contributed by atoms with Gasteiger partial charge in [0.15, 0.2) is 5.78 Å². The van der Waals surface area contributed by atoms with Gasteiger partial charge < -0.3 is 15.1 Å². The molecule has 3 aromatic carbocycles. The van der Waals surface area contributed by atoms with E-state index in [1.165, 1.54) is 0 Å². The van der Waals surface area contributed by atoms with Crippen LogP contribution in [-0.4, -0.2) is 48.9 Å². The summed E-state index contributed by atoms with van der Waals surface area (Å²) < 4.78 is 0. The van der Waals surface area contributed by atoms with Crippen molar-refractivity contribution in [1.82, 2.24) is 5.06 Å². The molecule has 0 radical (unpaired) electrons. The average Bonchev–Trinajstić information content (AvgIpc) is 2.89. The maximum absolute atomic E-state index is 12.7. The molecule has 186 valence electrons. The number of carbonyl (C=O) groups excluding carboxylic acids is 3. The second kappa shape index (κ2) is 10.7. The number of rotatable bonds is 6. The second-order valence-electron chi connectivity index (χ2n) is 9.82. The van der Waals surface area contributed by atoms with Crippen molar-refractivity contribution in [3.8, 4) is 0 Å². The van der Waals surface area contributed by atoms with E-state index in [-0.39, 0.29) is 17.7 Å². The zero-order chi connectivity index (χ0) is 25.7. The lowest BCUT2D eigenvalue weighted by molar-refractivity contribution is -0.201. The molecular weight excluding hydrogens is 454 g/mol. The molecule has 3 aromatic rings. The summed E-state index contributed by atoms with van der Waals surface area (Å²) in [4.78, 5) is 45.1. The fraction of sp³-hybridized carbons (Fsp3) is 0.276. The van der Waals surface area contributed by atoms with E-state index >= 15 is 0 Å². The minimum atomic E-state index is -0.533. The predicted octanol–water partition coefficient (Wildman–Crippen LogP) is 4.80. The van der Waals surface area contributed by atoms with Crippen molar-refractivity contribution in [2.24, 2.45) is 5.41 Å². The van der Waals surface area contributed by atoms with Gasteiger partial charge in [-0.25, -0.2) is 4.79 Å². The molecule has 1 amide bonds. The lowest BCUT2D eigenvalue weighted by Gasteiger charge is -2.35. The van der Waals surface area contributed by atoms with Gasteiger partial charge in [0.25, 0.3) is 5.91 Å². The fourth-order valence-corrected chi connectivity index (χ4v) is 3.78. The number of piperazine rings is 1. The van der Waals surface area contributed by atoms with Crippen molar-refractivity contribution in [1.29, 1.82) is 0 Å². The number of nitrogens with zero attached hydrogens (tertiary/aromatic N) is 2. The van der Waals surface area contributed by atoms with Crippen molar-refractivity contribution >= 4 is 29.0 Å². The highest BCUT2D eigenvalue weighted by Gasteiger charge is 2.28. The van der Waals surface area contributed by atoms with Gasteiger partial charge in [-0.3, -0.25) is 9.59 Å². The van der Waals surface area contributed by atoms with Crippen molar-refractivity contribution in [3.05, 3.63) is 95.6 Å². The van der Waals surface area contributed by atoms with Gasteiger partial charge in [-0.1, -0.05) is 30.3 Å². The first-order valence-corrected chi connectivity index (χ1v) is 12.0. The van der Waals surface area contributed by atoms with Gasteiger partial charge in [-0.15, -0.1) is 5.06 Å². The maximum atomic E-state index is 12.7. The van der Waals surface area contributed by atoms with Gasteiger partial charge >= 0.3 is 5.97 Å². The number of hydrogen-bond acceptors (Lipinski definition) is 6. The summed E-state index contributed by atoms with van der Waals surface area (Å²) in [5.41, 5.74) is 2.83. The van der Waals surface area contributed by atoms with E-state index in [4.69, 9.17) is 4.84 Å². The highest BCUT2D eigenvalue weighted by molar-refractivity contribution is 6.09. The molecule has 1 aliphatic heterocycles. The van der Waals surface area contributed by atoms with Crippen LogP contribution in [0.1, 0.15) is 47.1 Å². The molecule has 0 aromatic heterocycles. The molecule has 0 unspecified atom stereocenters. The van der Waals surface area contributed by atoms with E-state index in [0.29, 0.717) is 35.5 Å². The maximum Gasteiger partial charge on any atom is 0.330 e. The number of carbonyl (C=O) groups is 3. The van der Waals surface area contributed by atoms with Crippen molar-refractivity contribution in [3.63, 3.8) is 0 Å². The number of ketones is 1. The minimum Gasteiger partial charge on any atom is -0.369 e. The highest BCUT2D eigenvalue weighted by atomic mass is 16.7. The third kappa shape index (κ3) is 6.17. The van der Waals surface area contributed by atoms with E-state index in [0.717, 1.165) is 18.8 Å². The van der Waals surface area contributed by atoms with Crippen LogP contribution in [0.15, 0.2) is 78.9 Å². The molecule has 0 atom stereocenters. The van der Waals surface area contributed by atoms with Crippen molar-refractivity contribution < 1.29 is 19.2 Å². The van der Waals surface area contributed by atoms with Gasteiger partial charge in [0.2, 0.25) is 0 Å². The summed E-state index contributed by atoms with van der Waals surface area (Å²) in [5.74, 6) is -0.511. The van der Waals surface area contributed by atoms with Crippen molar-refractivity contribution in [2.45, 2.75) is 20.8 Å². The molecule has 7 nitrogen and oxygen atoms in total. The predicted molar refractivity (Wildman–Crippen MR) is 140 cm³/mol. The van der Waals surface area contributed by atoms with Crippen LogP contribution in [0.5, 0.6) is 0 Å². The standard InChI is InChI=1S/C29H31N3O4/c1-29(2,3)28(35)36-32-19-17-31(18-20-32)25-15-11-23(12-16-25)27(34)30-24-13-9-22(10-14-24)26(33)21-7-5-4-6-8-21/h4-16H,17-20H2,1-3H3,(H,30,34). The molecule has 0 aliphatic carbocycles. The number of hydroxylamine groups is 2. The molecular formula is C29H31N3O4. The molecule has 0 spiro atoms. The molecule has 4 rings (SSSR count). The number of amides is 1. The Kier molecular flexibility index (Phi) is 7.50. The molecule has 0 bridgehead atoms. The Balaban J connectivity index is 1.30. The van der Waals surface area contributed by atoms with Crippen LogP contribution >= 0.6 is 0 Å². The summed E-state index contributed by atoms with van der Waals surface area (Å²) >= 11 is 0. The van der Waals surface area contributed by atoms with Crippen LogP contribution in [0.25, 0.3) is 0 Å². The first-order valence-electron chi connectivity index (χ1n) is 12.0. The molecule has 0 saturated carbocycles. The Morgan fingerprint density at radius 3 is 1.86 bits per heavy atom. The zero-order valence-electron chi connectivity index (χ0n) is 20.9. The van der Waals surface area contributed by atoms with Crippen LogP contribution < -0.4 is 10.2 Å². The third-order valence-corrected chi connectivity index (χ3v) is 6.00. The Bertz CT molecular complexity index is 1210. The van der Waals surface area contributed by atoms with E-state index in [1.807, 2.05) is 51.1 Å². The number of anilines is 2. The van der Waals surface area contributed by atoms with Crippen LogP contribution in [0.3, 0.4) is 0 Å². The van der Waals surface area contributed by atoms with E-state index in [9.17, 15) is 14.4 Å². The van der Waals surface area contributed by atoms with E-state index < -0.39 is 5.41 Å². The number of hydrogen-bond donors (Lipinski definition) is 1. The summed E-state index contributed by atoms with van der Waals surface area (Å²) in [7, 11) is 0. The molecule has 36 heavy (non-hydrogen) atoms. The lowest BCUT2D eigenvalue weighted by atomic mass is 9.98. The van der Waals surface area contributed by atoms with Crippen LogP contribution in [0.2, 0.25) is 0 Å². The SMILES string of the molecule is CC(C)(C)C(=O)ON1CCN(c2ccc(C(=O)Nc3ccc(C(=O)c4ccccc4)cc3)cc2)CC1. The molecule has 7 heteroatoms. The Labute approximate surface area is 211 Å². The van der Waals surface area contributed by atoms with Crippen LogP contribution in [0.4, 0.5) is 11.4 Å². The zero-order valence-corrected chi connectivity index (χ0v) is 20.9. The smallest absolute Gasteiger partial charge is 0.330 e. The number of nitrogens with one attached hydrogen (secondary N) is 1. The highest BCUT2D eigenvalue weighted by Crippen LogP contribution is 2.21. The monoisotopic (exact) mass is 485 g/mol. The van der Waals surface area contributed by atoms with Crippen LogP contribution in [-0.2, 0) is 9.63 Å². The Hall–Kier alpha value is -3.97. The Morgan fingerprint density at radius 2 is 1.28 bits per heavy atom. The summed E-state index contributed by atoms with van der Waals surface area (Å²) in [6.45, 7) is 8.19. The van der Waals surface area contributed by atoms with Crippen molar-refractivity contribution in [2.75, 3.05) is 36.4 Å². The molecule has 1 aliphatic rings. The average molecular weight is 486 g/mol. The summed E-state index contributed by atoms with van der Waals surface area (Å²) in [6.07, 6.45) is 0. The van der Waals surface area contributed by atoms with Gasteiger partial charge in [-0.05, 0) is 69.3 Å². The van der Waals surface area contributed by atoms with Gasteiger partial charge in [-0.2, -0.15) is 0 Å². The van der Waals surface area contributed by atoms with Crippen LogP contribution in [0, 0.1) is 5.41 Å². The first kappa shape index (κ1) is 25.1. The summed E-state index contributed by atoms with van der Waals surface area (Å²) in [5, 5.41) is 4.59. The normalized spacial score (nSPS) is 14.2. The molecule has 1 fully saturated rings. The van der Waals surface area contributed by atoms with E-state index in [2.05, 4.69) is 10.2 Å². The molecule has 1 heterocycles. The number of benzene rings is 3. The summed E-state index contributed by atoms with van der Waals surface area (Å²) in [6, 6.07) is 23.4. The fourth-order valence-electron chi connectivity index (χ4n) is 3.78. The topological polar surface area (TPSA) is 79.0 Å². The largest absolute Gasteiger partial charge is 0.369 e. The first-order chi connectivity index (χ1) is 17.2. The minimum absolute atomic E-state index is 0.0581. The molecule has 1 N–H and O–H groups in total. The van der Waals surface area contributed by atoms with E-state index in [1.54, 1.807) is 53.6 Å².